The molecule has 0 aromatic heterocycles. The molecule has 0 aliphatic carbocycles. The van der Waals surface area contributed by atoms with Gasteiger partial charge in [0.25, 0.3) is 17.8 Å². The molecule has 0 N–H and O–H groups in total. The second-order valence-corrected chi connectivity index (χ2v) is 10.3. The largest absolute Gasteiger partial charge is 0.333 e. The van der Waals surface area contributed by atoms with Crippen LogP contribution < -0.4 is 0 Å². The maximum atomic E-state index is 13.4. The number of halogens is 2. The number of imide groups is 1. The molecule has 2 heterocycles. The van der Waals surface area contributed by atoms with Crippen LogP contribution in [0.25, 0.3) is 0 Å². The van der Waals surface area contributed by atoms with Gasteiger partial charge >= 0.3 is 11.9 Å². The van der Waals surface area contributed by atoms with Crippen LogP contribution in [0.4, 0.5) is 4.79 Å². The van der Waals surface area contributed by atoms with Crippen LogP contribution in [0.3, 0.4) is 0 Å². The molecule has 2 aliphatic rings. The molecule has 1 unspecified atom stereocenters. The Bertz CT molecular complexity index is 1360. The third kappa shape index (κ3) is 5.23. The van der Waals surface area contributed by atoms with E-state index in [1.807, 2.05) is 41.0 Å². The zero-order chi connectivity index (χ0) is 26.8. The SMILES string of the molecule is CN1C(=O)C2C(=NC(CN(Cc3ccccc3)Cc3ccccc3)=[N+]2Cc2c(Cl)cccc2Cl)N(C)C1=O. The molecule has 5 rings (SSSR count). The van der Waals surface area contributed by atoms with Gasteiger partial charge in [0.05, 0.1) is 0 Å². The standard InChI is InChI=1S/C29H28Cl2N5O2/c1-33-27-26(28(37)34(2)29(33)38)36(18-22-23(30)14-9-15-24(22)31)25(32-27)19-35(16-20-10-5-3-6-11-20)17-21-12-7-4-8-13-21/h3-15,26H,16-19H2,1-2H3/q+1. The Labute approximate surface area is 232 Å². The molecule has 1 atom stereocenters. The number of fused-ring (bicyclic) bond motifs is 1. The van der Waals surface area contributed by atoms with Crippen LogP contribution in [0.5, 0.6) is 0 Å². The van der Waals surface area contributed by atoms with E-state index < -0.39 is 12.1 Å². The van der Waals surface area contributed by atoms with E-state index >= 15 is 0 Å². The molecule has 0 bridgehead atoms. The lowest BCUT2D eigenvalue weighted by Crippen LogP contribution is -2.61. The van der Waals surface area contributed by atoms with Crippen LogP contribution in [0.2, 0.25) is 10.0 Å². The summed E-state index contributed by atoms with van der Waals surface area (Å²) < 4.78 is 1.92. The first-order valence-electron chi connectivity index (χ1n) is 12.3. The maximum Gasteiger partial charge on any atom is 0.333 e. The zero-order valence-corrected chi connectivity index (χ0v) is 22.7. The van der Waals surface area contributed by atoms with Gasteiger partial charge in [0.1, 0.15) is 13.1 Å². The third-order valence-electron chi connectivity index (χ3n) is 6.87. The van der Waals surface area contributed by atoms with E-state index in [9.17, 15) is 9.59 Å². The van der Waals surface area contributed by atoms with E-state index in [0.717, 1.165) is 16.0 Å². The van der Waals surface area contributed by atoms with Gasteiger partial charge in [-0.25, -0.2) is 9.37 Å². The van der Waals surface area contributed by atoms with Crippen molar-refractivity contribution in [3.63, 3.8) is 0 Å². The first kappa shape index (κ1) is 26.1. The minimum atomic E-state index is -0.750. The van der Waals surface area contributed by atoms with Crippen LogP contribution in [-0.4, -0.2) is 69.6 Å². The fourth-order valence-corrected chi connectivity index (χ4v) is 5.38. The lowest BCUT2D eigenvalue weighted by molar-refractivity contribution is -0.552. The average Bonchev–Trinajstić information content (AvgIpc) is 3.27. The number of nitrogens with zero attached hydrogens (tertiary/aromatic N) is 5. The lowest BCUT2D eigenvalue weighted by Gasteiger charge is -2.30. The van der Waals surface area contributed by atoms with Crippen molar-refractivity contribution in [2.24, 2.45) is 4.99 Å². The highest BCUT2D eigenvalue weighted by Gasteiger charge is 2.53. The highest BCUT2D eigenvalue weighted by Crippen LogP contribution is 2.28. The number of carbonyl (C=O) groups excluding carboxylic acids is 2. The summed E-state index contributed by atoms with van der Waals surface area (Å²) in [6, 6.07) is 24.6. The van der Waals surface area contributed by atoms with Gasteiger partial charge in [-0.05, 0) is 28.3 Å². The quantitative estimate of drug-likeness (QED) is 0.376. The van der Waals surface area contributed by atoms with Gasteiger partial charge in [0, 0.05) is 42.8 Å². The number of rotatable bonds is 8. The molecule has 0 saturated carbocycles. The van der Waals surface area contributed by atoms with Gasteiger partial charge in [-0.3, -0.25) is 19.5 Å². The number of amidine groups is 2. The van der Waals surface area contributed by atoms with Crippen molar-refractivity contribution in [1.29, 1.82) is 0 Å². The maximum absolute atomic E-state index is 13.4. The summed E-state index contributed by atoms with van der Waals surface area (Å²) in [7, 11) is 3.14. The number of urea groups is 1. The number of likely N-dealkylation sites (N-methyl/N-ethyl adjacent to an activating group) is 2. The highest BCUT2D eigenvalue weighted by atomic mass is 35.5. The number of benzene rings is 3. The summed E-state index contributed by atoms with van der Waals surface area (Å²) in [4.78, 5) is 35.9. The summed E-state index contributed by atoms with van der Waals surface area (Å²) >= 11 is 13.1. The van der Waals surface area contributed by atoms with Gasteiger partial charge in [0.15, 0.2) is 0 Å². The van der Waals surface area contributed by atoms with E-state index in [2.05, 4.69) is 29.2 Å². The van der Waals surface area contributed by atoms with E-state index in [0.29, 0.717) is 46.9 Å². The average molecular weight is 549 g/mol. The normalized spacial score (nSPS) is 17.4. The van der Waals surface area contributed by atoms with Gasteiger partial charge in [-0.15, -0.1) is 0 Å². The molecule has 3 amide bonds. The Hall–Kier alpha value is -3.52. The summed E-state index contributed by atoms with van der Waals surface area (Å²) in [5.74, 6) is 0.759. The van der Waals surface area contributed by atoms with Gasteiger partial charge < -0.3 is 0 Å². The number of carbonyl (C=O) groups is 2. The van der Waals surface area contributed by atoms with Crippen molar-refractivity contribution in [2.45, 2.75) is 25.7 Å². The Kier molecular flexibility index (Phi) is 7.61. The van der Waals surface area contributed by atoms with Crippen molar-refractivity contribution in [2.75, 3.05) is 20.6 Å². The monoisotopic (exact) mass is 548 g/mol. The van der Waals surface area contributed by atoms with Crippen molar-refractivity contribution < 1.29 is 14.2 Å². The van der Waals surface area contributed by atoms with Crippen LogP contribution in [0, 0.1) is 0 Å². The molecule has 0 radical (unpaired) electrons. The van der Waals surface area contributed by atoms with Crippen molar-refractivity contribution in [3.05, 3.63) is 106 Å². The van der Waals surface area contributed by atoms with E-state index in [1.54, 1.807) is 25.2 Å². The predicted octanol–water partition coefficient (Wildman–Crippen LogP) is 4.91. The molecule has 1 saturated heterocycles. The molecular weight excluding hydrogens is 521 g/mol. The lowest BCUT2D eigenvalue weighted by atomic mass is 10.1. The van der Waals surface area contributed by atoms with Crippen LogP contribution in [-0.2, 0) is 24.4 Å². The summed E-state index contributed by atoms with van der Waals surface area (Å²) in [6.07, 6.45) is 0. The zero-order valence-electron chi connectivity index (χ0n) is 21.2. The number of aliphatic imine (C=N–C) groups is 1. The first-order valence-corrected chi connectivity index (χ1v) is 13.1. The molecule has 1 fully saturated rings. The second kappa shape index (κ2) is 11.1. The third-order valence-corrected chi connectivity index (χ3v) is 7.57. The predicted molar refractivity (Wildman–Crippen MR) is 150 cm³/mol. The van der Waals surface area contributed by atoms with Gasteiger partial charge in [0.2, 0.25) is 0 Å². The van der Waals surface area contributed by atoms with Crippen LogP contribution in [0.1, 0.15) is 16.7 Å². The fourth-order valence-electron chi connectivity index (χ4n) is 4.86. The minimum Gasteiger partial charge on any atom is -0.284 e. The molecule has 7 nitrogen and oxygen atoms in total. The summed E-state index contributed by atoms with van der Waals surface area (Å²) in [5.41, 5.74) is 3.03. The highest BCUT2D eigenvalue weighted by molar-refractivity contribution is 6.36. The topological polar surface area (TPSA) is 59.2 Å². The molecule has 3 aromatic carbocycles. The molecular formula is C29H28Cl2N5O2+. The van der Waals surface area contributed by atoms with Gasteiger partial charge in [-0.1, -0.05) is 89.9 Å². The number of hydrogen-bond acceptors (Lipinski definition) is 4. The van der Waals surface area contributed by atoms with Crippen molar-refractivity contribution >= 4 is 46.8 Å². The first-order chi connectivity index (χ1) is 18.3. The molecule has 194 valence electrons. The van der Waals surface area contributed by atoms with Crippen molar-refractivity contribution in [3.8, 4) is 0 Å². The van der Waals surface area contributed by atoms with Gasteiger partial charge in [-0.2, -0.15) is 0 Å². The molecule has 9 heteroatoms. The summed E-state index contributed by atoms with van der Waals surface area (Å²) in [5, 5.41) is 1.02. The molecule has 38 heavy (non-hydrogen) atoms. The Morgan fingerprint density at radius 3 is 1.89 bits per heavy atom. The van der Waals surface area contributed by atoms with E-state index in [-0.39, 0.29) is 12.5 Å². The van der Waals surface area contributed by atoms with Crippen LogP contribution >= 0.6 is 23.2 Å². The molecule has 0 spiro atoms. The number of hydrogen-bond donors (Lipinski definition) is 0. The smallest absolute Gasteiger partial charge is 0.284 e. The second-order valence-electron chi connectivity index (χ2n) is 9.47. The van der Waals surface area contributed by atoms with Crippen LogP contribution in [0.15, 0.2) is 83.9 Å². The van der Waals surface area contributed by atoms with E-state index in [1.165, 1.54) is 11.9 Å². The molecule has 3 aromatic rings. The van der Waals surface area contributed by atoms with Crippen molar-refractivity contribution in [1.82, 2.24) is 14.7 Å². The summed E-state index contributed by atoms with van der Waals surface area (Å²) in [6.45, 7) is 2.08. The Balaban J connectivity index is 1.56. The minimum absolute atomic E-state index is 0.275. The Morgan fingerprint density at radius 2 is 1.34 bits per heavy atom. The van der Waals surface area contributed by atoms with E-state index in [4.69, 9.17) is 28.2 Å². The molecule has 2 aliphatic heterocycles. The fraction of sp³-hybridized carbons (Fsp3) is 0.241. The Morgan fingerprint density at radius 1 is 0.789 bits per heavy atom. The number of amides is 3.